The minimum absolute atomic E-state index is 0.00752. The van der Waals surface area contributed by atoms with Crippen LogP contribution >= 0.6 is 0 Å². The number of amides is 1. The lowest BCUT2D eigenvalue weighted by molar-refractivity contribution is -0.115. The van der Waals surface area contributed by atoms with Crippen molar-refractivity contribution in [2.75, 3.05) is 63.5 Å². The summed E-state index contributed by atoms with van der Waals surface area (Å²) in [4.78, 5) is 33.7. The van der Waals surface area contributed by atoms with Crippen molar-refractivity contribution >= 4 is 39.9 Å². The SMILES string of the molecule is CCC(=O)Nc1cc(Nc2nccc(-c3[nH]c(CCCO)nc3-c3cc4occc4cc3F)n2)c(OC)cc1N(C)CCN(C)C. The van der Waals surface area contributed by atoms with Gasteiger partial charge < -0.3 is 39.7 Å². The summed E-state index contributed by atoms with van der Waals surface area (Å²) in [5.41, 5.74) is 4.05. The number of benzene rings is 2. The topological polar surface area (TPSA) is 145 Å². The first-order valence-electron chi connectivity index (χ1n) is 15.1. The molecule has 3 heterocycles. The molecule has 46 heavy (non-hydrogen) atoms. The summed E-state index contributed by atoms with van der Waals surface area (Å²) in [6, 6.07) is 10.1. The van der Waals surface area contributed by atoms with Crippen molar-refractivity contribution in [1.82, 2.24) is 24.8 Å². The lowest BCUT2D eigenvalue weighted by Crippen LogP contribution is -2.29. The van der Waals surface area contributed by atoms with Gasteiger partial charge >= 0.3 is 0 Å². The fourth-order valence-electron chi connectivity index (χ4n) is 4.97. The van der Waals surface area contributed by atoms with E-state index in [0.29, 0.717) is 70.3 Å². The molecule has 0 bridgehead atoms. The second-order valence-corrected chi connectivity index (χ2v) is 11.1. The molecular weight excluding hydrogens is 591 g/mol. The molecule has 1 amide bonds. The van der Waals surface area contributed by atoms with Crippen LogP contribution in [0.25, 0.3) is 33.6 Å². The lowest BCUT2D eigenvalue weighted by atomic mass is 10.1. The van der Waals surface area contributed by atoms with Crippen LogP contribution < -0.4 is 20.3 Å². The molecule has 0 saturated carbocycles. The Hall–Kier alpha value is -5.01. The third kappa shape index (κ3) is 7.27. The van der Waals surface area contributed by atoms with E-state index in [1.54, 1.807) is 44.5 Å². The van der Waals surface area contributed by atoms with Gasteiger partial charge in [0.1, 0.15) is 28.7 Å². The number of likely N-dealkylation sites (N-methyl/N-ethyl adjacent to an activating group) is 2. The Morgan fingerprint density at radius 2 is 1.93 bits per heavy atom. The summed E-state index contributed by atoms with van der Waals surface area (Å²) in [6.45, 7) is 3.33. The van der Waals surface area contributed by atoms with Crippen molar-refractivity contribution in [2.45, 2.75) is 26.2 Å². The number of rotatable bonds is 14. The minimum Gasteiger partial charge on any atom is -0.494 e. The summed E-state index contributed by atoms with van der Waals surface area (Å²) in [6.07, 6.45) is 4.37. The minimum atomic E-state index is -0.454. The maximum absolute atomic E-state index is 15.4. The van der Waals surface area contributed by atoms with Crippen LogP contribution in [0.2, 0.25) is 0 Å². The summed E-state index contributed by atoms with van der Waals surface area (Å²) < 4.78 is 26.7. The molecular formula is C33H39FN8O4. The van der Waals surface area contributed by atoms with Crippen LogP contribution in [0, 0.1) is 5.82 Å². The van der Waals surface area contributed by atoms with Crippen molar-refractivity contribution < 1.29 is 23.4 Å². The van der Waals surface area contributed by atoms with Crippen LogP contribution in [0.5, 0.6) is 5.75 Å². The second-order valence-electron chi connectivity index (χ2n) is 11.1. The van der Waals surface area contributed by atoms with Crippen LogP contribution in [0.3, 0.4) is 0 Å². The Labute approximate surface area is 266 Å². The number of carbonyl (C=O) groups is 1. The van der Waals surface area contributed by atoms with Gasteiger partial charge in [-0.15, -0.1) is 0 Å². The molecule has 3 aromatic heterocycles. The third-order valence-corrected chi connectivity index (χ3v) is 7.49. The van der Waals surface area contributed by atoms with Crippen molar-refractivity contribution in [3.63, 3.8) is 0 Å². The molecule has 5 rings (SSSR count). The predicted octanol–water partition coefficient (Wildman–Crippen LogP) is 5.44. The highest BCUT2D eigenvalue weighted by molar-refractivity contribution is 5.96. The monoisotopic (exact) mass is 630 g/mol. The van der Waals surface area contributed by atoms with E-state index in [0.717, 1.165) is 18.8 Å². The maximum atomic E-state index is 15.4. The highest BCUT2D eigenvalue weighted by atomic mass is 19.1. The van der Waals surface area contributed by atoms with E-state index < -0.39 is 5.82 Å². The predicted molar refractivity (Wildman–Crippen MR) is 177 cm³/mol. The Morgan fingerprint density at radius 3 is 2.67 bits per heavy atom. The fourth-order valence-corrected chi connectivity index (χ4v) is 4.97. The smallest absolute Gasteiger partial charge is 0.227 e. The van der Waals surface area contributed by atoms with E-state index in [9.17, 15) is 9.90 Å². The summed E-state index contributed by atoms with van der Waals surface area (Å²) in [5, 5.41) is 16.3. The number of carbonyl (C=O) groups excluding carboxylic acids is 1. The zero-order valence-electron chi connectivity index (χ0n) is 26.6. The van der Waals surface area contributed by atoms with E-state index in [1.807, 2.05) is 27.2 Å². The Kier molecular flexibility index (Phi) is 10.1. The van der Waals surface area contributed by atoms with Crippen molar-refractivity contribution in [2.24, 2.45) is 0 Å². The van der Waals surface area contributed by atoms with Gasteiger partial charge in [-0.2, -0.15) is 0 Å². The number of methoxy groups -OCH3 is 1. The molecule has 0 atom stereocenters. The molecule has 0 radical (unpaired) electrons. The van der Waals surface area contributed by atoms with E-state index in [4.69, 9.17) is 14.1 Å². The number of ether oxygens (including phenoxy) is 1. The van der Waals surface area contributed by atoms with Gasteiger partial charge in [0, 0.05) is 62.8 Å². The van der Waals surface area contributed by atoms with Gasteiger partial charge in [-0.25, -0.2) is 19.3 Å². The number of anilines is 4. The van der Waals surface area contributed by atoms with E-state index in [1.165, 1.54) is 12.3 Å². The molecule has 12 nitrogen and oxygen atoms in total. The normalized spacial score (nSPS) is 11.3. The number of aromatic amines is 1. The Bertz CT molecular complexity index is 1820. The van der Waals surface area contributed by atoms with E-state index in [2.05, 4.69) is 35.4 Å². The van der Waals surface area contributed by atoms with Gasteiger partial charge in [0.05, 0.1) is 41.8 Å². The Balaban J connectivity index is 1.53. The van der Waals surface area contributed by atoms with Gasteiger partial charge in [-0.1, -0.05) is 6.92 Å². The van der Waals surface area contributed by atoms with Gasteiger partial charge in [0.2, 0.25) is 11.9 Å². The molecule has 242 valence electrons. The number of aryl methyl sites for hydroxylation is 1. The number of hydrogen-bond donors (Lipinski definition) is 4. The van der Waals surface area contributed by atoms with Crippen molar-refractivity contribution in [3.8, 4) is 28.4 Å². The van der Waals surface area contributed by atoms with Gasteiger partial charge in [-0.05, 0) is 50.8 Å². The van der Waals surface area contributed by atoms with Gasteiger partial charge in [-0.3, -0.25) is 4.79 Å². The third-order valence-electron chi connectivity index (χ3n) is 7.49. The Morgan fingerprint density at radius 1 is 1.11 bits per heavy atom. The first-order valence-corrected chi connectivity index (χ1v) is 15.1. The molecule has 0 aliphatic rings. The number of aliphatic hydroxyl groups is 1. The van der Waals surface area contributed by atoms with Crippen molar-refractivity contribution in [3.05, 3.63) is 60.5 Å². The van der Waals surface area contributed by atoms with Crippen LogP contribution in [0.4, 0.5) is 27.4 Å². The molecule has 2 aromatic carbocycles. The van der Waals surface area contributed by atoms with Gasteiger partial charge in [0.25, 0.3) is 0 Å². The van der Waals surface area contributed by atoms with Crippen molar-refractivity contribution in [1.29, 1.82) is 0 Å². The average molecular weight is 631 g/mol. The number of aromatic nitrogens is 4. The molecule has 0 aliphatic carbocycles. The highest BCUT2D eigenvalue weighted by Gasteiger charge is 2.21. The number of nitrogens with zero attached hydrogens (tertiary/aromatic N) is 5. The number of imidazole rings is 1. The van der Waals surface area contributed by atoms with Gasteiger partial charge in [0.15, 0.2) is 0 Å². The molecule has 0 unspecified atom stereocenters. The van der Waals surface area contributed by atoms with E-state index >= 15 is 4.39 Å². The van der Waals surface area contributed by atoms with Crippen LogP contribution in [0.15, 0.2) is 53.3 Å². The van der Waals surface area contributed by atoms with Crippen LogP contribution in [0.1, 0.15) is 25.6 Å². The molecule has 5 aromatic rings. The number of halogens is 1. The largest absolute Gasteiger partial charge is 0.494 e. The lowest BCUT2D eigenvalue weighted by Gasteiger charge is -2.26. The first kappa shape index (κ1) is 32.4. The maximum Gasteiger partial charge on any atom is 0.227 e. The summed E-state index contributed by atoms with van der Waals surface area (Å²) in [7, 11) is 7.54. The summed E-state index contributed by atoms with van der Waals surface area (Å²) >= 11 is 0. The summed E-state index contributed by atoms with van der Waals surface area (Å²) in [5.74, 6) is 0.775. The molecule has 0 spiro atoms. The average Bonchev–Trinajstić information content (AvgIpc) is 3.69. The van der Waals surface area contributed by atoms with Crippen LogP contribution in [-0.4, -0.2) is 83.8 Å². The first-order chi connectivity index (χ1) is 22.2. The van der Waals surface area contributed by atoms with E-state index in [-0.39, 0.29) is 24.0 Å². The fraction of sp³-hybridized carbons (Fsp3) is 0.333. The molecule has 4 N–H and O–H groups in total. The molecule has 13 heteroatoms. The second kappa shape index (κ2) is 14.4. The zero-order chi connectivity index (χ0) is 32.8. The molecule has 0 saturated heterocycles. The number of H-pyrrole nitrogens is 1. The number of aliphatic hydroxyl groups excluding tert-OH is 1. The number of fused-ring (bicyclic) bond motifs is 1. The number of furan rings is 1. The number of nitrogens with one attached hydrogen (secondary N) is 3. The highest BCUT2D eigenvalue weighted by Crippen LogP contribution is 2.39. The molecule has 0 aliphatic heterocycles. The standard InChI is InChI=1S/C33H39FN8O4/c1-6-30(44)36-24-18-25(28(45-5)19-26(24)42(4)13-12-41(2)3)38-33-35-11-9-23(37-33)32-31(39-29(40-32)8-7-14-43)21-17-27-20(10-15-46-27)16-22(21)34/h9-11,15-19,43H,6-8,12-14H2,1-5H3,(H,36,44)(H,39,40)(H,35,37,38). The van der Waals surface area contributed by atoms with Crippen LogP contribution in [-0.2, 0) is 11.2 Å². The zero-order valence-corrected chi connectivity index (χ0v) is 26.6. The number of hydrogen-bond acceptors (Lipinski definition) is 10. The quantitative estimate of drug-likeness (QED) is 0.125. The molecule has 0 fully saturated rings.